The van der Waals surface area contributed by atoms with Crippen LogP contribution in [0.2, 0.25) is 0 Å². The Morgan fingerprint density at radius 3 is 2.59 bits per heavy atom. The van der Waals surface area contributed by atoms with Gasteiger partial charge in [0.1, 0.15) is 6.04 Å². The van der Waals surface area contributed by atoms with E-state index in [4.69, 9.17) is 19.3 Å². The van der Waals surface area contributed by atoms with Crippen molar-refractivity contribution in [2.24, 2.45) is 0 Å². The summed E-state index contributed by atoms with van der Waals surface area (Å²) in [5, 5.41) is 8.59. The first-order valence-corrected chi connectivity index (χ1v) is 12.6. The molecule has 1 unspecified atom stereocenters. The van der Waals surface area contributed by atoms with Crippen molar-refractivity contribution in [2.75, 3.05) is 30.9 Å². The fourth-order valence-corrected chi connectivity index (χ4v) is 4.72. The molecule has 1 aliphatic heterocycles. The third kappa shape index (κ3) is 5.06. The second kappa shape index (κ2) is 11.1. The smallest absolute Gasteiger partial charge is 0.338 e. The van der Waals surface area contributed by atoms with E-state index in [2.05, 4.69) is 33.2 Å². The van der Waals surface area contributed by atoms with Crippen LogP contribution >= 0.6 is 27.7 Å². The zero-order valence-electron chi connectivity index (χ0n) is 19.0. The molecule has 2 aromatic rings. The lowest BCUT2D eigenvalue weighted by atomic mass is 9.95. The van der Waals surface area contributed by atoms with E-state index in [0.29, 0.717) is 47.1 Å². The Hall–Kier alpha value is -2.20. The van der Waals surface area contributed by atoms with Gasteiger partial charge in [-0.05, 0) is 67.7 Å². The molecule has 32 heavy (non-hydrogen) atoms. The third-order valence-corrected chi connectivity index (χ3v) is 6.33. The average Bonchev–Trinajstić information content (AvgIpc) is 3.16. The van der Waals surface area contributed by atoms with Crippen molar-refractivity contribution in [3.8, 4) is 11.5 Å². The summed E-state index contributed by atoms with van der Waals surface area (Å²) in [6.07, 6.45) is 1.01. The Morgan fingerprint density at radius 2 is 1.94 bits per heavy atom. The molecule has 1 aromatic heterocycles. The van der Waals surface area contributed by atoms with Gasteiger partial charge in [-0.25, -0.2) is 9.48 Å². The van der Waals surface area contributed by atoms with E-state index in [-0.39, 0.29) is 6.61 Å². The van der Waals surface area contributed by atoms with Crippen LogP contribution < -0.4 is 14.8 Å². The van der Waals surface area contributed by atoms with Crippen LogP contribution in [0.25, 0.3) is 0 Å². The fraction of sp³-hybridized carbons (Fsp3) is 0.500. The maximum atomic E-state index is 13.0. The highest BCUT2D eigenvalue weighted by atomic mass is 79.9. The zero-order valence-corrected chi connectivity index (χ0v) is 21.4. The topological polar surface area (TPSA) is 87.5 Å². The van der Waals surface area contributed by atoms with Gasteiger partial charge in [0.2, 0.25) is 11.1 Å². The average molecular weight is 525 g/mol. The first-order valence-electron chi connectivity index (χ1n) is 10.8. The van der Waals surface area contributed by atoms with Gasteiger partial charge < -0.3 is 19.5 Å². The first kappa shape index (κ1) is 24.4. The SMILES string of the molecule is CCCSc1nc2n(n1)C(c1cc(Br)c(OCC)c(OCC)c1)C(C(=O)OCC)=C(C)N2. The Labute approximate surface area is 201 Å². The van der Waals surface area contributed by atoms with Gasteiger partial charge in [0.15, 0.2) is 11.5 Å². The molecule has 1 aromatic carbocycles. The lowest BCUT2D eigenvalue weighted by Crippen LogP contribution is -2.29. The lowest BCUT2D eigenvalue weighted by Gasteiger charge is -2.28. The summed E-state index contributed by atoms with van der Waals surface area (Å²) >= 11 is 5.20. The number of ether oxygens (including phenoxy) is 3. The monoisotopic (exact) mass is 524 g/mol. The number of hydrogen-bond acceptors (Lipinski definition) is 8. The number of allylic oxidation sites excluding steroid dienone is 1. The molecular weight excluding hydrogens is 496 g/mol. The van der Waals surface area contributed by atoms with E-state index < -0.39 is 12.0 Å². The second-order valence-corrected chi connectivity index (χ2v) is 8.91. The van der Waals surface area contributed by atoms with E-state index in [1.165, 1.54) is 0 Å². The molecule has 0 fully saturated rings. The van der Waals surface area contributed by atoms with Crippen molar-refractivity contribution in [2.45, 2.75) is 52.2 Å². The van der Waals surface area contributed by atoms with E-state index >= 15 is 0 Å². The minimum Gasteiger partial charge on any atom is -0.490 e. The number of hydrogen-bond donors (Lipinski definition) is 1. The number of aromatic nitrogens is 3. The highest BCUT2D eigenvalue weighted by Crippen LogP contribution is 2.43. The van der Waals surface area contributed by atoms with E-state index in [1.54, 1.807) is 23.4 Å². The maximum absolute atomic E-state index is 13.0. The van der Waals surface area contributed by atoms with E-state index in [0.717, 1.165) is 22.2 Å². The lowest BCUT2D eigenvalue weighted by molar-refractivity contribution is -0.139. The molecular formula is C22H29BrN4O4S. The molecule has 10 heteroatoms. The Kier molecular flexibility index (Phi) is 8.47. The molecule has 2 heterocycles. The minimum atomic E-state index is -0.528. The zero-order chi connectivity index (χ0) is 23.3. The number of rotatable bonds is 10. The van der Waals surface area contributed by atoms with Crippen LogP contribution in [0.1, 0.15) is 52.6 Å². The minimum absolute atomic E-state index is 0.279. The van der Waals surface area contributed by atoms with Gasteiger partial charge in [-0.15, -0.1) is 5.10 Å². The fourth-order valence-electron chi connectivity index (χ4n) is 3.46. The normalized spacial score (nSPS) is 15.2. The Morgan fingerprint density at radius 1 is 1.19 bits per heavy atom. The summed E-state index contributed by atoms with van der Waals surface area (Å²) in [7, 11) is 0. The number of nitrogens with one attached hydrogen (secondary N) is 1. The van der Waals surface area contributed by atoms with Gasteiger partial charge in [-0.3, -0.25) is 0 Å². The van der Waals surface area contributed by atoms with Crippen LogP contribution in [0.5, 0.6) is 11.5 Å². The van der Waals surface area contributed by atoms with E-state index in [1.807, 2.05) is 32.9 Å². The predicted octanol–water partition coefficient (Wildman–Crippen LogP) is 5.19. The van der Waals surface area contributed by atoms with Crippen molar-refractivity contribution in [3.63, 3.8) is 0 Å². The first-order chi connectivity index (χ1) is 15.4. The molecule has 3 rings (SSSR count). The summed E-state index contributed by atoms with van der Waals surface area (Å²) in [4.78, 5) is 17.6. The van der Waals surface area contributed by atoms with Crippen molar-refractivity contribution in [1.29, 1.82) is 0 Å². The van der Waals surface area contributed by atoms with Crippen LogP contribution in [0.3, 0.4) is 0 Å². The Balaban J connectivity index is 2.17. The molecule has 0 saturated heterocycles. The second-order valence-electron chi connectivity index (χ2n) is 6.99. The molecule has 0 aliphatic carbocycles. The Bertz CT molecular complexity index is 1010. The third-order valence-electron chi connectivity index (χ3n) is 4.70. The molecule has 0 amide bonds. The molecule has 174 valence electrons. The summed E-state index contributed by atoms with van der Waals surface area (Å²) in [6.45, 7) is 10.9. The van der Waals surface area contributed by atoms with Crippen molar-refractivity contribution < 1.29 is 19.0 Å². The number of fused-ring (bicyclic) bond motifs is 1. The van der Waals surface area contributed by atoms with Gasteiger partial charge >= 0.3 is 5.97 Å². The van der Waals surface area contributed by atoms with Gasteiger partial charge in [0.05, 0.1) is 29.9 Å². The maximum Gasteiger partial charge on any atom is 0.338 e. The van der Waals surface area contributed by atoms with Gasteiger partial charge in [0, 0.05) is 11.4 Å². The number of benzene rings is 1. The van der Waals surface area contributed by atoms with Crippen LogP contribution in [0.4, 0.5) is 5.95 Å². The summed E-state index contributed by atoms with van der Waals surface area (Å²) in [6, 6.07) is 3.30. The number of nitrogens with zero attached hydrogens (tertiary/aromatic N) is 3. The molecule has 1 atom stereocenters. The molecule has 0 spiro atoms. The van der Waals surface area contributed by atoms with Crippen LogP contribution in [0.15, 0.2) is 33.0 Å². The van der Waals surface area contributed by atoms with Crippen molar-refractivity contribution in [3.05, 3.63) is 33.4 Å². The summed E-state index contributed by atoms with van der Waals surface area (Å²) in [5.41, 5.74) is 1.98. The molecule has 0 saturated carbocycles. The van der Waals surface area contributed by atoms with Crippen LogP contribution in [0, 0.1) is 0 Å². The number of carbonyl (C=O) groups excluding carboxylic acids is 1. The van der Waals surface area contributed by atoms with Crippen LogP contribution in [-0.2, 0) is 9.53 Å². The number of carbonyl (C=O) groups is 1. The highest BCUT2D eigenvalue weighted by molar-refractivity contribution is 9.10. The molecule has 1 N–H and O–H groups in total. The van der Waals surface area contributed by atoms with Gasteiger partial charge in [-0.1, -0.05) is 18.7 Å². The molecule has 0 bridgehead atoms. The summed E-state index contributed by atoms with van der Waals surface area (Å²) < 4.78 is 19.5. The van der Waals surface area contributed by atoms with Crippen LogP contribution in [-0.4, -0.2) is 46.3 Å². The quantitative estimate of drug-likeness (QED) is 0.335. The number of esters is 1. The standard InChI is InChI=1S/C22H29BrN4O4S/c1-6-10-32-22-25-21-24-13(5)17(20(28)31-9-4)18(27(21)26-22)14-11-15(23)19(30-8-3)16(12-14)29-7-2/h11-12,18H,6-10H2,1-5H3,(H,24,25,26). The molecule has 0 radical (unpaired) electrons. The predicted molar refractivity (Wildman–Crippen MR) is 129 cm³/mol. The van der Waals surface area contributed by atoms with Crippen molar-refractivity contribution in [1.82, 2.24) is 14.8 Å². The number of anilines is 1. The number of thioether (sulfide) groups is 1. The largest absolute Gasteiger partial charge is 0.490 e. The summed E-state index contributed by atoms with van der Waals surface area (Å²) in [5.74, 6) is 2.33. The van der Waals surface area contributed by atoms with Gasteiger partial charge in [0.25, 0.3) is 0 Å². The number of halogens is 1. The highest BCUT2D eigenvalue weighted by Gasteiger charge is 2.36. The molecule has 8 nitrogen and oxygen atoms in total. The van der Waals surface area contributed by atoms with E-state index in [9.17, 15) is 4.79 Å². The molecule has 1 aliphatic rings. The van der Waals surface area contributed by atoms with Gasteiger partial charge in [-0.2, -0.15) is 4.98 Å². The van der Waals surface area contributed by atoms with Crippen molar-refractivity contribution >= 4 is 39.6 Å².